The summed E-state index contributed by atoms with van der Waals surface area (Å²) < 4.78 is 4.48. The Morgan fingerprint density at radius 3 is 2.50 bits per heavy atom. The largest absolute Gasteiger partial charge is 0.449 e. The zero-order valence-electron chi connectivity index (χ0n) is 6.26. The zero-order valence-corrected chi connectivity index (χ0v) is 6.26. The lowest BCUT2D eigenvalue weighted by molar-refractivity contribution is -0.155. The molecule has 0 saturated carbocycles. The van der Waals surface area contributed by atoms with Gasteiger partial charge in [-0.05, 0) is 13.8 Å². The van der Waals surface area contributed by atoms with Crippen LogP contribution in [-0.2, 0) is 9.53 Å². The Morgan fingerprint density at radius 2 is 2.20 bits per heavy atom. The summed E-state index contributed by atoms with van der Waals surface area (Å²) >= 11 is 0. The van der Waals surface area contributed by atoms with Crippen molar-refractivity contribution in [2.45, 2.75) is 13.8 Å². The van der Waals surface area contributed by atoms with Crippen LogP contribution in [0.1, 0.15) is 13.8 Å². The molecule has 0 unspecified atom stereocenters. The van der Waals surface area contributed by atoms with Gasteiger partial charge in [0.15, 0.2) is 0 Å². The molecule has 0 aromatic rings. The second kappa shape index (κ2) is 3.53. The van der Waals surface area contributed by atoms with Crippen LogP contribution < -0.4 is 5.73 Å². The first kappa shape index (κ1) is 9.39. The second-order valence-corrected chi connectivity index (χ2v) is 2.64. The molecule has 0 spiro atoms. The van der Waals surface area contributed by atoms with Crippen LogP contribution in [0.25, 0.3) is 0 Å². The number of aliphatic hydroxyl groups excluding tert-OH is 1. The number of nitrogens with two attached hydrogens (primary N) is 1. The molecule has 0 heterocycles. The SMILES string of the molecule is CC(C)(CO)C(=O)OCN. The average molecular weight is 147 g/mol. The molecular formula is C6H13NO3. The lowest BCUT2D eigenvalue weighted by Gasteiger charge is -2.18. The van der Waals surface area contributed by atoms with Gasteiger partial charge in [0.25, 0.3) is 0 Å². The fraction of sp³-hybridized carbons (Fsp3) is 0.833. The van der Waals surface area contributed by atoms with E-state index < -0.39 is 11.4 Å². The fourth-order valence-electron chi connectivity index (χ4n) is 0.336. The highest BCUT2D eigenvalue weighted by atomic mass is 16.5. The average Bonchev–Trinajstić information content (AvgIpc) is 1.89. The molecule has 3 N–H and O–H groups in total. The number of carbonyl (C=O) groups is 1. The van der Waals surface area contributed by atoms with Crippen molar-refractivity contribution >= 4 is 5.97 Å². The minimum Gasteiger partial charge on any atom is -0.449 e. The summed E-state index contributed by atoms with van der Waals surface area (Å²) in [7, 11) is 0. The van der Waals surface area contributed by atoms with Gasteiger partial charge in [-0.1, -0.05) is 0 Å². The fourth-order valence-corrected chi connectivity index (χ4v) is 0.336. The third-order valence-electron chi connectivity index (χ3n) is 1.16. The van der Waals surface area contributed by atoms with Crippen molar-refractivity contribution in [3.63, 3.8) is 0 Å². The van der Waals surface area contributed by atoms with Crippen LogP contribution in [0.5, 0.6) is 0 Å². The molecule has 0 bridgehead atoms. The smallest absolute Gasteiger partial charge is 0.315 e. The molecule has 60 valence electrons. The summed E-state index contributed by atoms with van der Waals surface area (Å²) in [6.45, 7) is 2.81. The summed E-state index contributed by atoms with van der Waals surface area (Å²) in [6.07, 6.45) is 0. The highest BCUT2D eigenvalue weighted by molar-refractivity contribution is 5.75. The van der Waals surface area contributed by atoms with E-state index in [1.54, 1.807) is 13.8 Å². The van der Waals surface area contributed by atoms with Crippen LogP contribution >= 0.6 is 0 Å². The van der Waals surface area contributed by atoms with Crippen LogP contribution in [-0.4, -0.2) is 24.4 Å². The first-order valence-corrected chi connectivity index (χ1v) is 3.02. The van der Waals surface area contributed by atoms with Crippen molar-refractivity contribution in [1.82, 2.24) is 0 Å². The molecule has 0 amide bonds. The molecule has 0 atom stereocenters. The minimum atomic E-state index is -0.834. The van der Waals surface area contributed by atoms with Crippen molar-refractivity contribution < 1.29 is 14.6 Å². The number of esters is 1. The summed E-state index contributed by atoms with van der Waals surface area (Å²) in [5.74, 6) is -0.475. The predicted octanol–water partition coefficient (Wildman–Crippen LogP) is -0.536. The van der Waals surface area contributed by atoms with Gasteiger partial charge in [0, 0.05) is 0 Å². The van der Waals surface area contributed by atoms with Gasteiger partial charge in [0.05, 0.1) is 12.0 Å². The van der Waals surface area contributed by atoms with E-state index in [9.17, 15) is 4.79 Å². The molecular weight excluding hydrogens is 134 g/mol. The van der Waals surface area contributed by atoms with Gasteiger partial charge in [-0.3, -0.25) is 10.5 Å². The van der Waals surface area contributed by atoms with Crippen LogP contribution in [0.3, 0.4) is 0 Å². The number of aliphatic hydroxyl groups is 1. The maximum atomic E-state index is 10.8. The molecule has 0 aromatic heterocycles. The summed E-state index contributed by atoms with van der Waals surface area (Å²) in [4.78, 5) is 10.8. The van der Waals surface area contributed by atoms with Crippen LogP contribution in [0.2, 0.25) is 0 Å². The summed E-state index contributed by atoms with van der Waals surface area (Å²) in [6, 6.07) is 0. The summed E-state index contributed by atoms with van der Waals surface area (Å²) in [5.41, 5.74) is 4.12. The predicted molar refractivity (Wildman–Crippen MR) is 36.0 cm³/mol. The van der Waals surface area contributed by atoms with E-state index in [1.165, 1.54) is 0 Å². The molecule has 0 fully saturated rings. The van der Waals surface area contributed by atoms with Gasteiger partial charge < -0.3 is 9.84 Å². The molecule has 0 rings (SSSR count). The van der Waals surface area contributed by atoms with E-state index in [0.29, 0.717) is 0 Å². The van der Waals surface area contributed by atoms with E-state index >= 15 is 0 Å². The van der Waals surface area contributed by atoms with Crippen molar-refractivity contribution in [3.05, 3.63) is 0 Å². The van der Waals surface area contributed by atoms with Crippen molar-refractivity contribution in [3.8, 4) is 0 Å². The second-order valence-electron chi connectivity index (χ2n) is 2.64. The van der Waals surface area contributed by atoms with E-state index in [1.807, 2.05) is 0 Å². The Kier molecular flexibility index (Phi) is 3.32. The van der Waals surface area contributed by atoms with E-state index in [0.717, 1.165) is 0 Å². The molecule has 0 saturated heterocycles. The van der Waals surface area contributed by atoms with Gasteiger partial charge in [0.2, 0.25) is 0 Å². The molecule has 0 aliphatic carbocycles. The topological polar surface area (TPSA) is 72.5 Å². The molecule has 0 aliphatic heterocycles. The van der Waals surface area contributed by atoms with E-state index in [-0.39, 0.29) is 13.3 Å². The first-order chi connectivity index (χ1) is 4.54. The number of ether oxygens (including phenoxy) is 1. The lowest BCUT2D eigenvalue weighted by atomic mass is 9.95. The number of hydrogen-bond acceptors (Lipinski definition) is 4. The Hall–Kier alpha value is -0.610. The lowest BCUT2D eigenvalue weighted by Crippen LogP contribution is -2.31. The molecule has 0 radical (unpaired) electrons. The number of carbonyl (C=O) groups excluding carboxylic acids is 1. The highest BCUT2D eigenvalue weighted by Crippen LogP contribution is 2.14. The normalized spacial score (nSPS) is 11.2. The number of hydrogen-bond donors (Lipinski definition) is 2. The van der Waals surface area contributed by atoms with Crippen LogP contribution in [0, 0.1) is 5.41 Å². The quantitative estimate of drug-likeness (QED) is 0.415. The number of rotatable bonds is 3. The monoisotopic (exact) mass is 147 g/mol. The molecule has 4 heteroatoms. The zero-order chi connectivity index (χ0) is 8.20. The van der Waals surface area contributed by atoms with Gasteiger partial charge in [-0.25, -0.2) is 0 Å². The molecule has 0 aliphatic rings. The Labute approximate surface area is 60.0 Å². The van der Waals surface area contributed by atoms with Crippen molar-refractivity contribution in [2.75, 3.05) is 13.3 Å². The third kappa shape index (κ3) is 2.33. The van der Waals surface area contributed by atoms with Gasteiger partial charge in [-0.15, -0.1) is 0 Å². The third-order valence-corrected chi connectivity index (χ3v) is 1.16. The van der Waals surface area contributed by atoms with Crippen molar-refractivity contribution in [1.29, 1.82) is 0 Å². The Balaban J connectivity index is 3.91. The van der Waals surface area contributed by atoms with E-state index in [4.69, 9.17) is 10.8 Å². The summed E-state index contributed by atoms with van der Waals surface area (Å²) in [5, 5.41) is 8.65. The Morgan fingerprint density at radius 1 is 1.70 bits per heavy atom. The van der Waals surface area contributed by atoms with Gasteiger partial charge in [0.1, 0.15) is 6.73 Å². The van der Waals surface area contributed by atoms with Crippen LogP contribution in [0.4, 0.5) is 0 Å². The standard InChI is InChI=1S/C6H13NO3/c1-6(2,3-8)5(9)10-4-7/h8H,3-4,7H2,1-2H3. The molecule has 10 heavy (non-hydrogen) atoms. The van der Waals surface area contributed by atoms with Crippen molar-refractivity contribution in [2.24, 2.45) is 11.1 Å². The highest BCUT2D eigenvalue weighted by Gasteiger charge is 2.27. The minimum absolute atomic E-state index is 0.137. The van der Waals surface area contributed by atoms with Gasteiger partial charge >= 0.3 is 5.97 Å². The van der Waals surface area contributed by atoms with Gasteiger partial charge in [-0.2, -0.15) is 0 Å². The first-order valence-electron chi connectivity index (χ1n) is 3.02. The maximum absolute atomic E-state index is 10.8. The van der Waals surface area contributed by atoms with E-state index in [2.05, 4.69) is 4.74 Å². The maximum Gasteiger partial charge on any atom is 0.315 e. The molecule has 4 nitrogen and oxygen atoms in total. The van der Waals surface area contributed by atoms with Crippen LogP contribution in [0.15, 0.2) is 0 Å². The Bertz CT molecular complexity index is 122. The molecule has 0 aromatic carbocycles.